The van der Waals surface area contributed by atoms with Crippen molar-refractivity contribution < 1.29 is 26.9 Å². The Morgan fingerprint density at radius 3 is 1.80 bits per heavy atom. The van der Waals surface area contributed by atoms with E-state index in [4.69, 9.17) is 21.1 Å². The van der Waals surface area contributed by atoms with Crippen LogP contribution in [0, 0.1) is 6.92 Å². The summed E-state index contributed by atoms with van der Waals surface area (Å²) in [5, 5.41) is -0.0114. The third-order valence-corrected chi connectivity index (χ3v) is 7.92. The van der Waals surface area contributed by atoms with Gasteiger partial charge >= 0.3 is 10.1 Å². The molecule has 41 heavy (non-hydrogen) atoms. The molecule has 5 rings (SSSR count). The van der Waals surface area contributed by atoms with Gasteiger partial charge in [0.05, 0.1) is 18.5 Å². The van der Waals surface area contributed by atoms with Gasteiger partial charge in [-0.3, -0.25) is 19.4 Å². The topological polar surface area (TPSA) is 93.2 Å². The van der Waals surface area contributed by atoms with Gasteiger partial charge in [0.15, 0.2) is 10.9 Å². The summed E-state index contributed by atoms with van der Waals surface area (Å²) in [6, 6.07) is 28.1. The van der Waals surface area contributed by atoms with E-state index < -0.39 is 21.9 Å². The van der Waals surface area contributed by atoms with Crippen LogP contribution in [0.4, 0.5) is 11.4 Å². The van der Waals surface area contributed by atoms with Crippen molar-refractivity contribution in [3.63, 3.8) is 0 Å². The number of thiocarbonyl (C=S) groups is 1. The Bertz CT molecular complexity index is 1710. The van der Waals surface area contributed by atoms with E-state index in [0.717, 1.165) is 5.56 Å². The molecule has 0 spiro atoms. The fraction of sp³-hybridized carbons (Fsp3) is 0.0645. The number of carbonyl (C=O) groups excluding carboxylic acids is 2. The lowest BCUT2D eigenvalue weighted by Gasteiger charge is -2.36. The Labute approximate surface area is 243 Å². The number of anilines is 2. The van der Waals surface area contributed by atoms with Crippen molar-refractivity contribution in [2.45, 2.75) is 11.8 Å². The number of methoxy groups -OCH3 is 1. The SMILES string of the molecule is COc1ccc(C=C2C(=O)N(c3ccccc3)C(=S)N(c3ccccc3)C2=O)c(OS(=O)(=O)c2ccc(C)cc2)c1. The largest absolute Gasteiger partial charge is 0.497 e. The lowest BCUT2D eigenvalue weighted by atomic mass is 10.0. The number of para-hydroxylation sites is 2. The van der Waals surface area contributed by atoms with E-state index in [0.29, 0.717) is 17.1 Å². The molecule has 0 unspecified atom stereocenters. The summed E-state index contributed by atoms with van der Waals surface area (Å²) in [5.74, 6) is -1.13. The molecule has 206 valence electrons. The molecule has 1 saturated heterocycles. The first-order chi connectivity index (χ1) is 19.7. The van der Waals surface area contributed by atoms with Crippen LogP contribution in [0.2, 0.25) is 0 Å². The van der Waals surface area contributed by atoms with Crippen LogP contribution in [0.1, 0.15) is 11.1 Å². The molecule has 4 aromatic rings. The van der Waals surface area contributed by atoms with E-state index >= 15 is 0 Å². The molecule has 0 aromatic heterocycles. The van der Waals surface area contributed by atoms with Crippen LogP contribution in [0.3, 0.4) is 0 Å². The molecule has 2 amide bonds. The number of benzene rings is 4. The van der Waals surface area contributed by atoms with E-state index in [2.05, 4.69) is 0 Å². The van der Waals surface area contributed by atoms with Gasteiger partial charge in [0, 0.05) is 11.6 Å². The maximum Gasteiger partial charge on any atom is 0.339 e. The summed E-state index contributed by atoms with van der Waals surface area (Å²) in [4.78, 5) is 30.2. The predicted molar refractivity (Wildman–Crippen MR) is 160 cm³/mol. The van der Waals surface area contributed by atoms with Crippen molar-refractivity contribution >= 4 is 56.7 Å². The number of amides is 2. The second-order valence-electron chi connectivity index (χ2n) is 9.05. The third kappa shape index (κ3) is 5.60. The minimum absolute atomic E-state index is 0.0114. The molecule has 0 saturated carbocycles. The number of rotatable bonds is 7. The fourth-order valence-electron chi connectivity index (χ4n) is 4.20. The molecule has 1 heterocycles. The van der Waals surface area contributed by atoms with Crippen LogP contribution in [0.15, 0.2) is 114 Å². The summed E-state index contributed by atoms with van der Waals surface area (Å²) in [6.07, 6.45) is 1.30. The number of ether oxygens (including phenoxy) is 1. The maximum absolute atomic E-state index is 13.8. The molecule has 1 fully saturated rings. The average Bonchev–Trinajstić information content (AvgIpc) is 2.97. The summed E-state index contributed by atoms with van der Waals surface area (Å²) in [5.41, 5.74) is 1.75. The monoisotopic (exact) mass is 584 g/mol. The second-order valence-corrected chi connectivity index (χ2v) is 11.0. The van der Waals surface area contributed by atoms with E-state index in [-0.39, 0.29) is 26.9 Å². The molecule has 0 bridgehead atoms. The summed E-state index contributed by atoms with van der Waals surface area (Å²) < 4.78 is 37.1. The van der Waals surface area contributed by atoms with Gasteiger partial charge in [-0.25, -0.2) is 0 Å². The molecule has 0 radical (unpaired) electrons. The zero-order chi connectivity index (χ0) is 29.1. The smallest absolute Gasteiger partial charge is 0.339 e. The van der Waals surface area contributed by atoms with Crippen LogP contribution in [-0.2, 0) is 19.7 Å². The highest BCUT2D eigenvalue weighted by molar-refractivity contribution is 7.87. The summed E-state index contributed by atoms with van der Waals surface area (Å²) in [7, 11) is -2.83. The number of aryl methyl sites for hydroxylation is 1. The Hall–Kier alpha value is -4.80. The second kappa shape index (κ2) is 11.4. The van der Waals surface area contributed by atoms with Gasteiger partial charge in [0.1, 0.15) is 16.2 Å². The minimum atomic E-state index is -4.26. The number of nitrogens with zero attached hydrogens (tertiary/aromatic N) is 2. The van der Waals surface area contributed by atoms with Crippen LogP contribution >= 0.6 is 12.2 Å². The molecular formula is C31H24N2O6S2. The highest BCUT2D eigenvalue weighted by Gasteiger charge is 2.41. The van der Waals surface area contributed by atoms with Gasteiger partial charge in [-0.05, 0) is 73.7 Å². The number of hydrogen-bond donors (Lipinski definition) is 0. The molecule has 8 nitrogen and oxygen atoms in total. The standard InChI is InChI=1S/C31H24N2O6S2/c1-21-13-17-26(18-14-21)41(36,37)39-28-20-25(38-2)16-15-22(28)19-27-29(34)32(23-9-5-3-6-10-23)31(40)33(30(27)35)24-11-7-4-8-12-24/h3-20H,1-2H3. The molecule has 10 heteroatoms. The minimum Gasteiger partial charge on any atom is -0.497 e. The van der Waals surface area contributed by atoms with Crippen molar-refractivity contribution in [2.24, 2.45) is 0 Å². The molecule has 1 aliphatic heterocycles. The normalized spacial score (nSPS) is 13.8. The molecule has 4 aromatic carbocycles. The van der Waals surface area contributed by atoms with Crippen LogP contribution in [0.5, 0.6) is 11.5 Å². The zero-order valence-electron chi connectivity index (χ0n) is 22.1. The molecular weight excluding hydrogens is 560 g/mol. The Morgan fingerprint density at radius 1 is 0.756 bits per heavy atom. The quantitative estimate of drug-likeness (QED) is 0.122. The highest BCUT2D eigenvalue weighted by atomic mass is 32.2. The lowest BCUT2D eigenvalue weighted by molar-refractivity contribution is -0.120. The fourth-order valence-corrected chi connectivity index (χ4v) is 5.52. The van der Waals surface area contributed by atoms with Gasteiger partial charge in [0.2, 0.25) is 0 Å². The molecule has 0 aliphatic carbocycles. The third-order valence-electron chi connectivity index (χ3n) is 6.31. The van der Waals surface area contributed by atoms with Gasteiger partial charge < -0.3 is 8.92 Å². The first kappa shape index (κ1) is 27.8. The first-order valence-electron chi connectivity index (χ1n) is 12.4. The Balaban J connectivity index is 1.64. The molecule has 0 N–H and O–H groups in total. The van der Waals surface area contributed by atoms with Gasteiger partial charge in [-0.1, -0.05) is 54.1 Å². The first-order valence-corrected chi connectivity index (χ1v) is 14.2. The van der Waals surface area contributed by atoms with Crippen LogP contribution in [0.25, 0.3) is 6.08 Å². The van der Waals surface area contributed by atoms with Gasteiger partial charge in [0.25, 0.3) is 11.8 Å². The van der Waals surface area contributed by atoms with E-state index in [1.54, 1.807) is 78.9 Å². The van der Waals surface area contributed by atoms with E-state index in [1.807, 2.05) is 6.92 Å². The lowest BCUT2D eigenvalue weighted by Crippen LogP contribution is -2.56. The Kier molecular flexibility index (Phi) is 7.69. The maximum atomic E-state index is 13.8. The zero-order valence-corrected chi connectivity index (χ0v) is 23.7. The highest BCUT2D eigenvalue weighted by Crippen LogP contribution is 2.33. The van der Waals surface area contributed by atoms with E-state index in [1.165, 1.54) is 47.3 Å². The van der Waals surface area contributed by atoms with Crippen LogP contribution in [-0.4, -0.2) is 32.5 Å². The molecule has 1 aliphatic rings. The predicted octanol–water partition coefficient (Wildman–Crippen LogP) is 5.52. The van der Waals surface area contributed by atoms with Gasteiger partial charge in [-0.2, -0.15) is 8.42 Å². The van der Waals surface area contributed by atoms with Crippen molar-refractivity contribution in [3.8, 4) is 11.5 Å². The number of hydrogen-bond acceptors (Lipinski definition) is 7. The van der Waals surface area contributed by atoms with Crippen molar-refractivity contribution in [1.29, 1.82) is 0 Å². The summed E-state index contributed by atoms with van der Waals surface area (Å²) in [6.45, 7) is 1.84. The molecule has 0 atom stereocenters. The van der Waals surface area contributed by atoms with Gasteiger partial charge in [-0.15, -0.1) is 0 Å². The van der Waals surface area contributed by atoms with E-state index in [9.17, 15) is 18.0 Å². The Morgan fingerprint density at radius 2 is 1.29 bits per heavy atom. The van der Waals surface area contributed by atoms with Crippen molar-refractivity contribution in [3.05, 3.63) is 120 Å². The van der Waals surface area contributed by atoms with Crippen molar-refractivity contribution in [2.75, 3.05) is 16.9 Å². The summed E-state index contributed by atoms with van der Waals surface area (Å²) >= 11 is 5.64. The van der Waals surface area contributed by atoms with Crippen LogP contribution < -0.4 is 18.7 Å². The average molecular weight is 585 g/mol. The number of carbonyl (C=O) groups is 2. The van der Waals surface area contributed by atoms with Crippen molar-refractivity contribution in [1.82, 2.24) is 0 Å².